The fourth-order valence-electron chi connectivity index (χ4n) is 1.31. The molecule has 0 atom stereocenters. The standard InChI is InChI=1S/C7H15NO2/c9-5-7-1-3-8(6-10)4-2-7/h7,9-10H,1-6H2. The Kier molecular flexibility index (Phi) is 3.12. The van der Waals surface area contributed by atoms with Crippen LogP contribution in [0.25, 0.3) is 0 Å². The number of likely N-dealkylation sites (tertiary alicyclic amines) is 1. The minimum absolute atomic E-state index is 0.165. The Bertz CT molecular complexity index is 77.6. The zero-order valence-electron chi connectivity index (χ0n) is 6.16. The first-order valence-electron chi connectivity index (χ1n) is 3.81. The van der Waals surface area contributed by atoms with E-state index in [1.54, 1.807) is 0 Å². The summed E-state index contributed by atoms with van der Waals surface area (Å²) in [7, 11) is 0. The average molecular weight is 145 g/mol. The van der Waals surface area contributed by atoms with Crippen molar-refractivity contribution in [1.82, 2.24) is 4.90 Å². The Morgan fingerprint density at radius 2 is 1.80 bits per heavy atom. The zero-order valence-corrected chi connectivity index (χ0v) is 6.16. The number of aliphatic hydroxyl groups is 2. The number of piperidine rings is 1. The first kappa shape index (κ1) is 7.98. The van der Waals surface area contributed by atoms with Crippen molar-refractivity contribution in [3.8, 4) is 0 Å². The number of aliphatic hydroxyl groups excluding tert-OH is 2. The van der Waals surface area contributed by atoms with Crippen LogP contribution in [-0.4, -0.2) is 41.5 Å². The lowest BCUT2D eigenvalue weighted by Gasteiger charge is -2.28. The van der Waals surface area contributed by atoms with E-state index < -0.39 is 0 Å². The molecule has 0 bridgehead atoms. The molecule has 0 radical (unpaired) electrons. The summed E-state index contributed by atoms with van der Waals surface area (Å²) in [6, 6.07) is 0. The van der Waals surface area contributed by atoms with E-state index >= 15 is 0 Å². The van der Waals surface area contributed by atoms with E-state index in [4.69, 9.17) is 10.2 Å². The van der Waals surface area contributed by atoms with Gasteiger partial charge in [0.15, 0.2) is 0 Å². The maximum Gasteiger partial charge on any atom is 0.0956 e. The van der Waals surface area contributed by atoms with Crippen LogP contribution in [0.2, 0.25) is 0 Å². The second kappa shape index (κ2) is 3.91. The molecule has 1 aliphatic rings. The molecule has 0 unspecified atom stereocenters. The third kappa shape index (κ3) is 1.94. The van der Waals surface area contributed by atoms with E-state index in [0.717, 1.165) is 25.9 Å². The van der Waals surface area contributed by atoms with Gasteiger partial charge < -0.3 is 10.2 Å². The molecule has 1 heterocycles. The van der Waals surface area contributed by atoms with E-state index in [0.29, 0.717) is 12.5 Å². The fraction of sp³-hybridized carbons (Fsp3) is 1.00. The summed E-state index contributed by atoms with van der Waals surface area (Å²) < 4.78 is 0. The highest BCUT2D eigenvalue weighted by atomic mass is 16.3. The monoisotopic (exact) mass is 145 g/mol. The highest BCUT2D eigenvalue weighted by Gasteiger charge is 2.16. The smallest absolute Gasteiger partial charge is 0.0956 e. The van der Waals surface area contributed by atoms with Crippen molar-refractivity contribution >= 4 is 0 Å². The second-order valence-corrected chi connectivity index (χ2v) is 2.89. The summed E-state index contributed by atoms with van der Waals surface area (Å²) in [4.78, 5) is 1.99. The Morgan fingerprint density at radius 3 is 2.20 bits per heavy atom. The second-order valence-electron chi connectivity index (χ2n) is 2.89. The third-order valence-corrected chi connectivity index (χ3v) is 2.17. The minimum Gasteiger partial charge on any atom is -0.396 e. The van der Waals surface area contributed by atoms with Crippen molar-refractivity contribution in [2.45, 2.75) is 12.8 Å². The summed E-state index contributed by atoms with van der Waals surface area (Å²) in [5.41, 5.74) is 0. The van der Waals surface area contributed by atoms with Crippen LogP contribution in [0.3, 0.4) is 0 Å². The lowest BCUT2D eigenvalue weighted by molar-refractivity contribution is 0.0591. The molecule has 10 heavy (non-hydrogen) atoms. The Labute approximate surface area is 61.3 Å². The van der Waals surface area contributed by atoms with E-state index in [1.165, 1.54) is 0 Å². The molecule has 3 nitrogen and oxygen atoms in total. The number of hydrogen-bond acceptors (Lipinski definition) is 3. The Balaban J connectivity index is 2.17. The van der Waals surface area contributed by atoms with Gasteiger partial charge in [-0.25, -0.2) is 0 Å². The number of rotatable bonds is 2. The topological polar surface area (TPSA) is 43.7 Å². The lowest BCUT2D eigenvalue weighted by Crippen LogP contribution is -2.35. The summed E-state index contributed by atoms with van der Waals surface area (Å²) >= 11 is 0. The normalized spacial score (nSPS) is 23.4. The molecule has 0 amide bonds. The van der Waals surface area contributed by atoms with Crippen LogP contribution in [-0.2, 0) is 0 Å². The molecule has 0 aliphatic carbocycles. The summed E-state index contributed by atoms with van der Waals surface area (Å²) in [5.74, 6) is 0.475. The maximum atomic E-state index is 8.77. The van der Waals surface area contributed by atoms with Gasteiger partial charge in [-0.15, -0.1) is 0 Å². The van der Waals surface area contributed by atoms with Crippen LogP contribution in [0.4, 0.5) is 0 Å². The van der Waals surface area contributed by atoms with Crippen molar-refractivity contribution < 1.29 is 10.2 Å². The van der Waals surface area contributed by atoms with Gasteiger partial charge in [0.25, 0.3) is 0 Å². The molecule has 0 aromatic rings. The van der Waals surface area contributed by atoms with E-state index in [-0.39, 0.29) is 6.73 Å². The van der Waals surface area contributed by atoms with Crippen LogP contribution in [0.15, 0.2) is 0 Å². The molecule has 1 fully saturated rings. The first-order valence-corrected chi connectivity index (χ1v) is 3.81. The maximum absolute atomic E-state index is 8.77. The number of hydrogen-bond donors (Lipinski definition) is 2. The third-order valence-electron chi connectivity index (χ3n) is 2.17. The van der Waals surface area contributed by atoms with Crippen LogP contribution in [0.1, 0.15) is 12.8 Å². The molecule has 1 aliphatic heterocycles. The van der Waals surface area contributed by atoms with E-state index in [9.17, 15) is 0 Å². The van der Waals surface area contributed by atoms with Gasteiger partial charge in [-0.2, -0.15) is 0 Å². The van der Waals surface area contributed by atoms with Crippen molar-refractivity contribution in [3.63, 3.8) is 0 Å². The zero-order chi connectivity index (χ0) is 7.40. The molecular formula is C7H15NO2. The van der Waals surface area contributed by atoms with Crippen LogP contribution in [0.5, 0.6) is 0 Å². The van der Waals surface area contributed by atoms with Gasteiger partial charge in [-0.3, -0.25) is 4.90 Å². The van der Waals surface area contributed by atoms with Gasteiger partial charge in [-0.05, 0) is 18.8 Å². The van der Waals surface area contributed by atoms with E-state index in [1.807, 2.05) is 4.90 Å². The largest absolute Gasteiger partial charge is 0.396 e. The van der Waals surface area contributed by atoms with Gasteiger partial charge in [0.1, 0.15) is 0 Å². The molecule has 0 spiro atoms. The Morgan fingerprint density at radius 1 is 1.20 bits per heavy atom. The van der Waals surface area contributed by atoms with Crippen LogP contribution >= 0.6 is 0 Å². The highest BCUT2D eigenvalue weighted by molar-refractivity contribution is 4.69. The molecule has 0 saturated carbocycles. The summed E-state index contributed by atoms with van der Waals surface area (Å²) in [6.07, 6.45) is 2.05. The fourth-order valence-corrected chi connectivity index (χ4v) is 1.31. The molecular weight excluding hydrogens is 130 g/mol. The molecule has 0 aromatic heterocycles. The average Bonchev–Trinajstić information content (AvgIpc) is 2.05. The predicted octanol–water partition coefficient (Wildman–Crippen LogP) is -0.360. The molecule has 1 rings (SSSR count). The van der Waals surface area contributed by atoms with Crippen LogP contribution in [0, 0.1) is 5.92 Å². The lowest BCUT2D eigenvalue weighted by atomic mass is 9.98. The molecule has 1 saturated heterocycles. The minimum atomic E-state index is 0.165. The Hall–Kier alpha value is -0.120. The molecule has 3 heteroatoms. The van der Waals surface area contributed by atoms with Gasteiger partial charge in [0, 0.05) is 19.7 Å². The summed E-state index contributed by atoms with van der Waals surface area (Å²) in [5, 5.41) is 17.5. The first-order chi connectivity index (χ1) is 4.86. The molecule has 60 valence electrons. The van der Waals surface area contributed by atoms with E-state index in [2.05, 4.69) is 0 Å². The van der Waals surface area contributed by atoms with Gasteiger partial charge in [-0.1, -0.05) is 0 Å². The van der Waals surface area contributed by atoms with Crippen molar-refractivity contribution in [3.05, 3.63) is 0 Å². The molecule has 2 N–H and O–H groups in total. The van der Waals surface area contributed by atoms with Crippen LogP contribution < -0.4 is 0 Å². The predicted molar refractivity (Wildman–Crippen MR) is 38.5 cm³/mol. The summed E-state index contributed by atoms with van der Waals surface area (Å²) in [6.45, 7) is 2.33. The van der Waals surface area contributed by atoms with Gasteiger partial charge in [0.05, 0.1) is 6.73 Å². The van der Waals surface area contributed by atoms with Crippen molar-refractivity contribution in [2.24, 2.45) is 5.92 Å². The van der Waals surface area contributed by atoms with Gasteiger partial charge in [0.2, 0.25) is 0 Å². The highest BCUT2D eigenvalue weighted by Crippen LogP contribution is 2.14. The van der Waals surface area contributed by atoms with Crippen molar-refractivity contribution in [2.75, 3.05) is 26.4 Å². The SMILES string of the molecule is OCC1CCN(CO)CC1. The molecule has 0 aromatic carbocycles. The van der Waals surface area contributed by atoms with Crippen molar-refractivity contribution in [1.29, 1.82) is 0 Å². The quantitative estimate of drug-likeness (QED) is 0.557. The number of nitrogens with zero attached hydrogens (tertiary/aromatic N) is 1. The van der Waals surface area contributed by atoms with Gasteiger partial charge >= 0.3 is 0 Å².